The topological polar surface area (TPSA) is 55.0 Å². The van der Waals surface area contributed by atoms with Crippen molar-refractivity contribution in [1.29, 1.82) is 0 Å². The Labute approximate surface area is 114 Å². The molecule has 0 spiro atoms. The fourth-order valence-corrected chi connectivity index (χ4v) is 2.18. The van der Waals surface area contributed by atoms with Crippen LogP contribution in [0.25, 0.3) is 0 Å². The van der Waals surface area contributed by atoms with E-state index >= 15 is 0 Å². The average molecular weight is 256 g/mol. The minimum atomic E-state index is 0.281. The van der Waals surface area contributed by atoms with Gasteiger partial charge in [0.05, 0.1) is 0 Å². The van der Waals surface area contributed by atoms with Gasteiger partial charge in [0.1, 0.15) is 18.0 Å². The lowest BCUT2D eigenvalue weighted by Gasteiger charge is -2.23. The van der Waals surface area contributed by atoms with Gasteiger partial charge in [0.25, 0.3) is 0 Å². The smallest absolute Gasteiger partial charge is 0.141 e. The molecule has 0 aliphatic carbocycles. The summed E-state index contributed by atoms with van der Waals surface area (Å²) in [6.45, 7) is 6.28. The molecule has 19 heavy (non-hydrogen) atoms. The van der Waals surface area contributed by atoms with Gasteiger partial charge in [0.15, 0.2) is 0 Å². The molecule has 0 amide bonds. The predicted molar refractivity (Wildman–Crippen MR) is 79.8 cm³/mol. The summed E-state index contributed by atoms with van der Waals surface area (Å²) in [6, 6.07) is 8.31. The van der Waals surface area contributed by atoms with Crippen LogP contribution in [-0.4, -0.2) is 17.0 Å². The number of nitrogens with zero attached hydrogens (tertiary/aromatic N) is 3. The Morgan fingerprint density at radius 1 is 1.21 bits per heavy atom. The molecule has 0 saturated carbocycles. The Bertz CT molecular complexity index is 578. The molecule has 0 aliphatic heterocycles. The summed E-state index contributed by atoms with van der Waals surface area (Å²) in [6.07, 6.45) is 1.52. The van der Waals surface area contributed by atoms with E-state index < -0.39 is 0 Å². The molecule has 4 heteroatoms. The number of hydrogen-bond acceptors (Lipinski definition) is 4. The second-order valence-electron chi connectivity index (χ2n) is 5.05. The zero-order chi connectivity index (χ0) is 14.0. The SMILES string of the molecule is Cc1cccc(N(C)c2ncnc(N)c2C(C)C)c1. The Hall–Kier alpha value is -2.10. The van der Waals surface area contributed by atoms with Gasteiger partial charge in [-0.05, 0) is 30.5 Å². The standard InChI is InChI=1S/C15H20N4/c1-10(2)13-14(16)17-9-18-15(13)19(4)12-7-5-6-11(3)8-12/h5-10H,1-4H3,(H2,16,17,18). The molecular formula is C15H20N4. The van der Waals surface area contributed by atoms with Crippen LogP contribution in [0, 0.1) is 6.92 Å². The van der Waals surface area contributed by atoms with Gasteiger partial charge >= 0.3 is 0 Å². The number of hydrogen-bond donors (Lipinski definition) is 1. The van der Waals surface area contributed by atoms with Crippen LogP contribution >= 0.6 is 0 Å². The number of nitrogens with two attached hydrogens (primary N) is 1. The first-order valence-corrected chi connectivity index (χ1v) is 6.41. The van der Waals surface area contributed by atoms with Gasteiger partial charge in [-0.15, -0.1) is 0 Å². The fourth-order valence-electron chi connectivity index (χ4n) is 2.18. The highest BCUT2D eigenvalue weighted by molar-refractivity contribution is 5.67. The lowest BCUT2D eigenvalue weighted by Crippen LogP contribution is -2.16. The maximum atomic E-state index is 5.99. The lowest BCUT2D eigenvalue weighted by atomic mass is 10.0. The van der Waals surface area contributed by atoms with Gasteiger partial charge in [-0.1, -0.05) is 26.0 Å². The first kappa shape index (κ1) is 13.3. The zero-order valence-electron chi connectivity index (χ0n) is 11.9. The minimum Gasteiger partial charge on any atom is -0.383 e. The summed E-state index contributed by atoms with van der Waals surface area (Å²) in [5.74, 6) is 1.70. The van der Waals surface area contributed by atoms with Crippen LogP contribution in [0.5, 0.6) is 0 Å². The molecule has 1 aromatic carbocycles. The molecule has 0 radical (unpaired) electrons. The van der Waals surface area contributed by atoms with Crippen molar-refractivity contribution >= 4 is 17.3 Å². The third-order valence-electron chi connectivity index (χ3n) is 3.18. The Morgan fingerprint density at radius 2 is 1.95 bits per heavy atom. The van der Waals surface area contributed by atoms with Crippen LogP contribution in [0.3, 0.4) is 0 Å². The molecule has 2 N–H and O–H groups in total. The largest absolute Gasteiger partial charge is 0.383 e. The average Bonchev–Trinajstić information content (AvgIpc) is 2.37. The lowest BCUT2D eigenvalue weighted by molar-refractivity contribution is 0.844. The second kappa shape index (κ2) is 5.26. The third kappa shape index (κ3) is 2.67. The van der Waals surface area contributed by atoms with Crippen LogP contribution in [0.2, 0.25) is 0 Å². The molecule has 100 valence electrons. The van der Waals surface area contributed by atoms with E-state index in [4.69, 9.17) is 5.73 Å². The van der Waals surface area contributed by atoms with E-state index in [1.807, 2.05) is 13.1 Å². The molecule has 2 aromatic rings. The van der Waals surface area contributed by atoms with Crippen molar-refractivity contribution in [1.82, 2.24) is 9.97 Å². The van der Waals surface area contributed by atoms with E-state index in [0.29, 0.717) is 5.82 Å². The van der Waals surface area contributed by atoms with Gasteiger partial charge < -0.3 is 10.6 Å². The van der Waals surface area contributed by atoms with Crippen molar-refractivity contribution in [3.63, 3.8) is 0 Å². The highest BCUT2D eigenvalue weighted by Crippen LogP contribution is 2.32. The van der Waals surface area contributed by atoms with Crippen LogP contribution in [0.15, 0.2) is 30.6 Å². The highest BCUT2D eigenvalue weighted by Gasteiger charge is 2.17. The molecule has 1 heterocycles. The molecule has 0 fully saturated rings. The zero-order valence-corrected chi connectivity index (χ0v) is 11.9. The molecule has 4 nitrogen and oxygen atoms in total. The molecule has 0 unspecified atom stereocenters. The summed E-state index contributed by atoms with van der Waals surface area (Å²) in [5.41, 5.74) is 9.30. The van der Waals surface area contributed by atoms with E-state index in [-0.39, 0.29) is 5.92 Å². The molecular weight excluding hydrogens is 236 g/mol. The molecule has 2 rings (SSSR count). The maximum absolute atomic E-state index is 5.99. The molecule has 0 bridgehead atoms. The number of rotatable bonds is 3. The summed E-state index contributed by atoms with van der Waals surface area (Å²) in [7, 11) is 2.00. The first-order chi connectivity index (χ1) is 9.00. The summed E-state index contributed by atoms with van der Waals surface area (Å²) in [4.78, 5) is 10.6. The second-order valence-corrected chi connectivity index (χ2v) is 5.05. The summed E-state index contributed by atoms with van der Waals surface area (Å²) < 4.78 is 0. The fraction of sp³-hybridized carbons (Fsp3) is 0.333. The molecule has 0 aliphatic rings. The van der Waals surface area contributed by atoms with Gasteiger partial charge in [-0.3, -0.25) is 0 Å². The normalized spacial score (nSPS) is 10.8. The van der Waals surface area contributed by atoms with Crippen LogP contribution in [-0.2, 0) is 0 Å². The van der Waals surface area contributed by atoms with Gasteiger partial charge in [0.2, 0.25) is 0 Å². The van der Waals surface area contributed by atoms with Gasteiger partial charge in [-0.2, -0.15) is 0 Å². The van der Waals surface area contributed by atoms with E-state index in [9.17, 15) is 0 Å². The number of aromatic nitrogens is 2. The summed E-state index contributed by atoms with van der Waals surface area (Å²) in [5, 5.41) is 0. The highest BCUT2D eigenvalue weighted by atomic mass is 15.2. The number of aryl methyl sites for hydroxylation is 1. The van der Waals surface area contributed by atoms with Crippen molar-refractivity contribution in [3.05, 3.63) is 41.7 Å². The Kier molecular flexibility index (Phi) is 3.69. The maximum Gasteiger partial charge on any atom is 0.141 e. The van der Waals surface area contributed by atoms with Crippen molar-refractivity contribution in [2.45, 2.75) is 26.7 Å². The molecule has 0 atom stereocenters. The van der Waals surface area contributed by atoms with E-state index in [2.05, 4.69) is 53.8 Å². The van der Waals surface area contributed by atoms with Crippen molar-refractivity contribution in [2.75, 3.05) is 17.7 Å². The number of benzene rings is 1. The van der Waals surface area contributed by atoms with E-state index in [0.717, 1.165) is 17.1 Å². The van der Waals surface area contributed by atoms with Crippen molar-refractivity contribution < 1.29 is 0 Å². The van der Waals surface area contributed by atoms with Crippen LogP contribution in [0.4, 0.5) is 17.3 Å². The third-order valence-corrected chi connectivity index (χ3v) is 3.18. The van der Waals surface area contributed by atoms with Crippen molar-refractivity contribution in [2.24, 2.45) is 0 Å². The van der Waals surface area contributed by atoms with Gasteiger partial charge in [0, 0.05) is 18.3 Å². The number of anilines is 3. The Balaban J connectivity index is 2.50. The van der Waals surface area contributed by atoms with Gasteiger partial charge in [-0.25, -0.2) is 9.97 Å². The van der Waals surface area contributed by atoms with E-state index in [1.54, 1.807) is 0 Å². The Morgan fingerprint density at radius 3 is 2.58 bits per heavy atom. The first-order valence-electron chi connectivity index (χ1n) is 6.41. The molecule has 1 aromatic heterocycles. The van der Waals surface area contributed by atoms with Crippen LogP contribution < -0.4 is 10.6 Å². The summed E-state index contributed by atoms with van der Waals surface area (Å²) >= 11 is 0. The predicted octanol–water partition coefficient (Wildman–Crippen LogP) is 3.26. The minimum absolute atomic E-state index is 0.281. The quantitative estimate of drug-likeness (QED) is 0.915. The molecule has 0 saturated heterocycles. The number of nitrogen functional groups attached to an aromatic ring is 1. The van der Waals surface area contributed by atoms with Crippen molar-refractivity contribution in [3.8, 4) is 0 Å². The monoisotopic (exact) mass is 256 g/mol. The van der Waals surface area contributed by atoms with Crippen LogP contribution in [0.1, 0.15) is 30.9 Å². The van der Waals surface area contributed by atoms with E-state index in [1.165, 1.54) is 11.9 Å².